The Morgan fingerprint density at radius 1 is 0.470 bits per heavy atom. The second kappa shape index (κ2) is 51.3. The molecule has 0 aromatic rings. The van der Waals surface area contributed by atoms with Crippen molar-refractivity contribution in [1.82, 2.24) is 0 Å². The van der Waals surface area contributed by atoms with Crippen molar-refractivity contribution in [3.63, 3.8) is 0 Å². The highest BCUT2D eigenvalue weighted by molar-refractivity contribution is 7.47. The van der Waals surface area contributed by atoms with Gasteiger partial charge in [-0.1, -0.05) is 220 Å². The minimum absolute atomic E-state index is 0.0506. The number of nitrogens with two attached hydrogens (primary N) is 1. The van der Waals surface area contributed by atoms with E-state index in [1.54, 1.807) is 0 Å². The van der Waals surface area contributed by atoms with Gasteiger partial charge >= 0.3 is 19.8 Å². The molecule has 0 bridgehead atoms. The summed E-state index contributed by atoms with van der Waals surface area (Å²) in [4.78, 5) is 34.8. The van der Waals surface area contributed by atoms with E-state index >= 15 is 0 Å². The highest BCUT2D eigenvalue weighted by Gasteiger charge is 2.26. The van der Waals surface area contributed by atoms with Crippen LogP contribution in [-0.2, 0) is 32.7 Å². The van der Waals surface area contributed by atoms with Crippen molar-refractivity contribution in [3.05, 3.63) is 97.2 Å². The van der Waals surface area contributed by atoms with Crippen LogP contribution >= 0.6 is 7.82 Å². The minimum Gasteiger partial charge on any atom is -0.462 e. The van der Waals surface area contributed by atoms with Gasteiger partial charge in [-0.25, -0.2) is 4.57 Å². The fourth-order valence-corrected chi connectivity index (χ4v) is 7.65. The summed E-state index contributed by atoms with van der Waals surface area (Å²) in [5.41, 5.74) is 5.35. The van der Waals surface area contributed by atoms with E-state index in [4.69, 9.17) is 24.3 Å². The van der Waals surface area contributed by atoms with Crippen molar-refractivity contribution in [2.75, 3.05) is 26.4 Å². The summed E-state index contributed by atoms with van der Waals surface area (Å²) in [5.74, 6) is -0.837. The van der Waals surface area contributed by atoms with Crippen LogP contribution in [0.15, 0.2) is 97.2 Å². The number of carbonyl (C=O) groups is 2. The van der Waals surface area contributed by atoms with Crippen LogP contribution in [0.5, 0.6) is 0 Å². The quantitative estimate of drug-likeness (QED) is 0.0265. The van der Waals surface area contributed by atoms with Gasteiger partial charge in [-0.15, -0.1) is 0 Å². The van der Waals surface area contributed by atoms with Crippen molar-refractivity contribution in [1.29, 1.82) is 0 Å². The highest BCUT2D eigenvalue weighted by atomic mass is 31.2. The SMILES string of the molecule is CC/C=C\C/C=C\C/C=C\C/C=C\C/C=C\C/C=C\C/C=C\C/C=C\CCCCCCCCCCCCCCC(=O)OC(COC(=O)CCCCCCCCCC)COP(=O)(O)OCCN. The number of hydrogen-bond acceptors (Lipinski definition) is 8. The van der Waals surface area contributed by atoms with Gasteiger partial charge in [0.15, 0.2) is 6.10 Å². The smallest absolute Gasteiger partial charge is 0.462 e. The molecule has 0 aromatic heterocycles. The third-order valence-electron chi connectivity index (χ3n) is 10.7. The standard InChI is InChI=1S/C56H96NO8P/c1-3-5-7-9-11-13-14-15-16-17-18-19-20-21-22-23-24-25-26-27-28-29-30-31-32-33-34-35-36-37-38-39-40-41-43-45-47-49-56(59)65-54(53-64-66(60,61)63-51-50-57)52-62-55(58)48-46-44-42-12-10-8-6-4-2/h5,7,11,13,15-16,18-19,21-22,24-25,27-28,30-31,54H,3-4,6,8-10,12,14,17,20,23,26,29,32-53,57H2,1-2H3,(H,60,61)/b7-5-,13-11-,16-15-,19-18-,22-21-,25-24-,28-27-,31-30-. The summed E-state index contributed by atoms with van der Waals surface area (Å²) < 4.78 is 32.8. The van der Waals surface area contributed by atoms with Crippen LogP contribution < -0.4 is 5.73 Å². The zero-order valence-electron chi connectivity index (χ0n) is 41.9. The molecular weight excluding hydrogens is 846 g/mol. The molecule has 0 saturated carbocycles. The van der Waals surface area contributed by atoms with E-state index < -0.39 is 26.5 Å². The van der Waals surface area contributed by atoms with Gasteiger partial charge in [-0.05, 0) is 77.0 Å². The molecule has 66 heavy (non-hydrogen) atoms. The first-order valence-corrected chi connectivity index (χ1v) is 27.7. The molecule has 0 aliphatic carbocycles. The molecule has 0 spiro atoms. The van der Waals surface area contributed by atoms with Crippen LogP contribution in [-0.4, -0.2) is 49.3 Å². The molecule has 0 fully saturated rings. The van der Waals surface area contributed by atoms with Gasteiger partial charge in [0.1, 0.15) is 6.61 Å². The van der Waals surface area contributed by atoms with Crippen molar-refractivity contribution < 1.29 is 37.6 Å². The molecule has 0 amide bonds. The van der Waals surface area contributed by atoms with Crippen molar-refractivity contribution in [2.45, 2.75) is 219 Å². The van der Waals surface area contributed by atoms with Gasteiger partial charge in [-0.2, -0.15) is 0 Å². The molecule has 0 aliphatic heterocycles. The average Bonchev–Trinajstić information content (AvgIpc) is 3.31. The number of carbonyl (C=O) groups excluding carboxylic acids is 2. The van der Waals surface area contributed by atoms with Gasteiger partial charge in [0, 0.05) is 19.4 Å². The summed E-state index contributed by atoms with van der Waals surface area (Å²) in [6, 6.07) is 0. The highest BCUT2D eigenvalue weighted by Crippen LogP contribution is 2.43. The Labute approximate surface area is 404 Å². The molecule has 0 radical (unpaired) electrons. The molecule has 0 aromatic carbocycles. The van der Waals surface area contributed by atoms with Crippen LogP contribution in [0.2, 0.25) is 0 Å². The second-order valence-electron chi connectivity index (χ2n) is 17.0. The normalized spacial score (nSPS) is 13.9. The van der Waals surface area contributed by atoms with Gasteiger partial charge < -0.3 is 20.1 Å². The Morgan fingerprint density at radius 3 is 1.24 bits per heavy atom. The van der Waals surface area contributed by atoms with Crippen molar-refractivity contribution in [3.8, 4) is 0 Å². The van der Waals surface area contributed by atoms with Gasteiger partial charge in [0.05, 0.1) is 13.2 Å². The van der Waals surface area contributed by atoms with Gasteiger partial charge in [0.2, 0.25) is 0 Å². The van der Waals surface area contributed by atoms with E-state index in [2.05, 4.69) is 111 Å². The maximum atomic E-state index is 12.6. The number of phosphoric acid groups is 1. The third-order valence-corrected chi connectivity index (χ3v) is 11.7. The van der Waals surface area contributed by atoms with Crippen LogP contribution in [0.1, 0.15) is 213 Å². The third kappa shape index (κ3) is 50.3. The lowest BCUT2D eigenvalue weighted by Gasteiger charge is -2.19. The Hall–Kier alpha value is -3.07. The van der Waals surface area contributed by atoms with Crippen molar-refractivity contribution >= 4 is 19.8 Å². The molecule has 0 rings (SSSR count). The lowest BCUT2D eigenvalue weighted by atomic mass is 10.0. The van der Waals surface area contributed by atoms with Crippen LogP contribution in [0.3, 0.4) is 0 Å². The van der Waals surface area contributed by atoms with Crippen LogP contribution in [0, 0.1) is 0 Å². The summed E-state index contributed by atoms with van der Waals surface area (Å²) in [5, 5.41) is 0. The Kier molecular flexibility index (Phi) is 48.9. The number of unbranched alkanes of at least 4 members (excludes halogenated alkanes) is 19. The molecule has 2 unspecified atom stereocenters. The molecule has 378 valence electrons. The molecule has 10 heteroatoms. The molecule has 2 atom stereocenters. The van der Waals surface area contributed by atoms with Crippen LogP contribution in [0.4, 0.5) is 0 Å². The lowest BCUT2D eigenvalue weighted by Crippen LogP contribution is -2.29. The zero-order chi connectivity index (χ0) is 48.1. The van der Waals surface area contributed by atoms with E-state index in [-0.39, 0.29) is 38.6 Å². The van der Waals surface area contributed by atoms with E-state index in [0.717, 1.165) is 89.9 Å². The number of phosphoric ester groups is 1. The van der Waals surface area contributed by atoms with Gasteiger partial charge in [0.25, 0.3) is 0 Å². The van der Waals surface area contributed by atoms with E-state index in [1.807, 2.05) is 0 Å². The maximum absolute atomic E-state index is 12.6. The summed E-state index contributed by atoms with van der Waals surface area (Å²) in [6.07, 6.45) is 67.7. The van der Waals surface area contributed by atoms with E-state index in [0.29, 0.717) is 6.42 Å². The first-order chi connectivity index (χ1) is 32.3. The number of allylic oxidation sites excluding steroid dienone is 16. The van der Waals surface area contributed by atoms with E-state index in [1.165, 1.54) is 89.9 Å². The lowest BCUT2D eigenvalue weighted by molar-refractivity contribution is -0.161. The van der Waals surface area contributed by atoms with Crippen molar-refractivity contribution in [2.24, 2.45) is 5.73 Å². The average molecular weight is 942 g/mol. The predicted octanol–water partition coefficient (Wildman–Crippen LogP) is 16.1. The predicted molar refractivity (Wildman–Crippen MR) is 279 cm³/mol. The van der Waals surface area contributed by atoms with E-state index in [9.17, 15) is 19.0 Å². The summed E-state index contributed by atoms with van der Waals surface area (Å²) in [6.45, 7) is 3.57. The molecule has 0 heterocycles. The topological polar surface area (TPSA) is 134 Å². The number of ether oxygens (including phenoxy) is 2. The Morgan fingerprint density at radius 2 is 0.833 bits per heavy atom. The first kappa shape index (κ1) is 62.9. The zero-order valence-corrected chi connectivity index (χ0v) is 42.8. The molecule has 0 saturated heterocycles. The number of esters is 2. The Bertz CT molecular complexity index is 1400. The largest absolute Gasteiger partial charge is 0.472 e. The maximum Gasteiger partial charge on any atom is 0.472 e. The summed E-state index contributed by atoms with van der Waals surface area (Å²) >= 11 is 0. The monoisotopic (exact) mass is 942 g/mol. The number of hydrogen-bond donors (Lipinski definition) is 2. The molecule has 3 N–H and O–H groups in total. The fourth-order valence-electron chi connectivity index (χ4n) is 6.89. The Balaban J connectivity index is 3.88. The summed E-state index contributed by atoms with van der Waals surface area (Å²) in [7, 11) is -4.38. The second-order valence-corrected chi connectivity index (χ2v) is 18.5. The number of rotatable bonds is 48. The fraction of sp³-hybridized carbons (Fsp3) is 0.679. The minimum atomic E-state index is -4.38. The van der Waals surface area contributed by atoms with Crippen LogP contribution in [0.25, 0.3) is 0 Å². The molecular formula is C56H96NO8P. The van der Waals surface area contributed by atoms with Gasteiger partial charge in [-0.3, -0.25) is 18.6 Å². The first-order valence-electron chi connectivity index (χ1n) is 26.2. The molecule has 0 aliphatic rings. The molecule has 9 nitrogen and oxygen atoms in total.